The van der Waals surface area contributed by atoms with Crippen LogP contribution in [0.2, 0.25) is 0 Å². The van der Waals surface area contributed by atoms with Gasteiger partial charge in [0.2, 0.25) is 0 Å². The van der Waals surface area contributed by atoms with E-state index in [1.54, 1.807) is 0 Å². The van der Waals surface area contributed by atoms with Crippen LogP contribution in [0.5, 0.6) is 0 Å². The Morgan fingerprint density at radius 3 is 2.42 bits per heavy atom. The maximum absolute atomic E-state index is 10.5. The summed E-state index contributed by atoms with van der Waals surface area (Å²) in [5.41, 5.74) is 4.12. The van der Waals surface area contributed by atoms with Gasteiger partial charge in [-0.2, -0.15) is 0 Å². The van der Waals surface area contributed by atoms with Crippen LogP contribution in [-0.2, 0) is 19.3 Å². The summed E-state index contributed by atoms with van der Waals surface area (Å²) in [6.07, 6.45) is 3.77. The van der Waals surface area contributed by atoms with Crippen LogP contribution in [0.15, 0.2) is 54.6 Å². The summed E-state index contributed by atoms with van der Waals surface area (Å²) in [5, 5.41) is 10.5. The van der Waals surface area contributed by atoms with Crippen LogP contribution in [0.3, 0.4) is 0 Å². The van der Waals surface area contributed by atoms with Crippen molar-refractivity contribution in [2.75, 3.05) is 0 Å². The Balaban J connectivity index is 1.68. The first-order chi connectivity index (χ1) is 9.33. The van der Waals surface area contributed by atoms with E-state index in [9.17, 15) is 5.11 Å². The maximum atomic E-state index is 10.5. The fraction of sp³-hybridized carbons (Fsp3) is 0.333. The van der Waals surface area contributed by atoms with E-state index in [0.29, 0.717) is 5.92 Å². The molecule has 0 heterocycles. The van der Waals surface area contributed by atoms with Crippen LogP contribution in [0.25, 0.3) is 0 Å². The van der Waals surface area contributed by atoms with Crippen molar-refractivity contribution in [3.05, 3.63) is 71.3 Å². The lowest BCUT2D eigenvalue weighted by molar-refractivity contribution is 0.0993. The third-order valence-corrected chi connectivity index (χ3v) is 4.22. The zero-order valence-corrected chi connectivity index (χ0v) is 11.1. The third-order valence-electron chi connectivity index (χ3n) is 4.22. The molecule has 0 saturated carbocycles. The second-order valence-corrected chi connectivity index (χ2v) is 5.53. The largest absolute Gasteiger partial charge is 0.392 e. The van der Waals surface area contributed by atoms with Crippen LogP contribution in [0.4, 0.5) is 0 Å². The molecule has 98 valence electrons. The minimum atomic E-state index is -0.226. The Hall–Kier alpha value is -1.60. The second-order valence-electron chi connectivity index (χ2n) is 5.53. The monoisotopic (exact) mass is 252 g/mol. The Bertz CT molecular complexity index is 532. The summed E-state index contributed by atoms with van der Waals surface area (Å²) in [6.45, 7) is 0. The fourth-order valence-corrected chi connectivity index (χ4v) is 3.08. The van der Waals surface area contributed by atoms with Crippen LogP contribution in [0.1, 0.15) is 23.1 Å². The molecule has 1 nitrogen and oxygen atoms in total. The zero-order valence-electron chi connectivity index (χ0n) is 11.1. The quantitative estimate of drug-likeness (QED) is 0.887. The van der Waals surface area contributed by atoms with Gasteiger partial charge in [-0.25, -0.2) is 0 Å². The van der Waals surface area contributed by atoms with Gasteiger partial charge in [-0.1, -0.05) is 54.6 Å². The van der Waals surface area contributed by atoms with Gasteiger partial charge in [-0.3, -0.25) is 0 Å². The van der Waals surface area contributed by atoms with E-state index in [1.165, 1.54) is 16.7 Å². The van der Waals surface area contributed by atoms with E-state index in [1.807, 2.05) is 18.2 Å². The normalized spacial score (nSPS) is 19.7. The lowest BCUT2D eigenvalue weighted by atomic mass is 9.79. The lowest BCUT2D eigenvalue weighted by Crippen LogP contribution is -2.28. The van der Waals surface area contributed by atoms with Gasteiger partial charge in [0.25, 0.3) is 0 Å². The second kappa shape index (κ2) is 5.58. The highest BCUT2D eigenvalue weighted by Gasteiger charge is 2.24. The highest BCUT2D eigenvalue weighted by atomic mass is 16.3. The van der Waals surface area contributed by atoms with E-state index in [-0.39, 0.29) is 6.10 Å². The SMILES string of the molecule is OC(Cc1ccccc1)C1CCc2ccccc2C1. The molecule has 0 saturated heterocycles. The standard InChI is InChI=1S/C18H20O/c19-18(12-14-6-2-1-3-7-14)17-11-10-15-8-4-5-9-16(15)13-17/h1-9,17-19H,10-13H2. The number of aliphatic hydroxyl groups excluding tert-OH is 1. The highest BCUT2D eigenvalue weighted by molar-refractivity contribution is 5.30. The molecule has 1 aliphatic rings. The van der Waals surface area contributed by atoms with E-state index in [2.05, 4.69) is 36.4 Å². The van der Waals surface area contributed by atoms with Crippen molar-refractivity contribution in [1.29, 1.82) is 0 Å². The Morgan fingerprint density at radius 1 is 0.947 bits per heavy atom. The maximum Gasteiger partial charge on any atom is 0.0611 e. The van der Waals surface area contributed by atoms with E-state index < -0.39 is 0 Å². The van der Waals surface area contributed by atoms with Gasteiger partial charge in [-0.15, -0.1) is 0 Å². The molecule has 1 aliphatic carbocycles. The number of hydrogen-bond donors (Lipinski definition) is 1. The summed E-state index contributed by atoms with van der Waals surface area (Å²) in [4.78, 5) is 0. The van der Waals surface area contributed by atoms with E-state index >= 15 is 0 Å². The average Bonchev–Trinajstić information content (AvgIpc) is 2.48. The van der Waals surface area contributed by atoms with Crippen molar-refractivity contribution in [2.24, 2.45) is 5.92 Å². The van der Waals surface area contributed by atoms with Crippen LogP contribution < -0.4 is 0 Å². The predicted octanol–water partition coefficient (Wildman–Crippen LogP) is 3.40. The van der Waals surface area contributed by atoms with Crippen molar-refractivity contribution in [3.8, 4) is 0 Å². The smallest absolute Gasteiger partial charge is 0.0611 e. The molecule has 3 rings (SSSR count). The molecule has 0 aliphatic heterocycles. The van der Waals surface area contributed by atoms with Crippen molar-refractivity contribution in [1.82, 2.24) is 0 Å². The number of aliphatic hydroxyl groups is 1. The molecular formula is C18H20O. The van der Waals surface area contributed by atoms with Gasteiger partial charge in [0.15, 0.2) is 0 Å². The molecule has 2 aromatic carbocycles. The molecular weight excluding hydrogens is 232 g/mol. The summed E-state index contributed by atoms with van der Waals surface area (Å²) in [5.74, 6) is 0.398. The molecule has 0 spiro atoms. The van der Waals surface area contributed by atoms with Crippen molar-refractivity contribution in [2.45, 2.75) is 31.8 Å². The topological polar surface area (TPSA) is 20.2 Å². The molecule has 0 aromatic heterocycles. The van der Waals surface area contributed by atoms with Gasteiger partial charge >= 0.3 is 0 Å². The summed E-state index contributed by atoms with van der Waals surface area (Å²) < 4.78 is 0. The molecule has 2 atom stereocenters. The molecule has 1 N–H and O–H groups in total. The number of aryl methyl sites for hydroxylation is 1. The number of benzene rings is 2. The summed E-state index contributed by atoms with van der Waals surface area (Å²) in [6, 6.07) is 18.9. The van der Waals surface area contributed by atoms with Crippen molar-refractivity contribution < 1.29 is 5.11 Å². The Kier molecular flexibility index (Phi) is 3.65. The van der Waals surface area contributed by atoms with Gasteiger partial charge in [-0.05, 0) is 48.3 Å². The first-order valence-corrected chi connectivity index (χ1v) is 7.11. The lowest BCUT2D eigenvalue weighted by Gasteiger charge is -2.28. The van der Waals surface area contributed by atoms with E-state index in [4.69, 9.17) is 0 Å². The first-order valence-electron chi connectivity index (χ1n) is 7.11. The first kappa shape index (κ1) is 12.4. The fourth-order valence-electron chi connectivity index (χ4n) is 3.08. The minimum absolute atomic E-state index is 0.226. The van der Waals surface area contributed by atoms with E-state index in [0.717, 1.165) is 25.7 Å². The van der Waals surface area contributed by atoms with Gasteiger partial charge in [0, 0.05) is 0 Å². The molecule has 0 radical (unpaired) electrons. The van der Waals surface area contributed by atoms with Crippen molar-refractivity contribution >= 4 is 0 Å². The third kappa shape index (κ3) is 2.87. The molecule has 2 aromatic rings. The van der Waals surface area contributed by atoms with Gasteiger partial charge < -0.3 is 5.11 Å². The average molecular weight is 252 g/mol. The molecule has 19 heavy (non-hydrogen) atoms. The Morgan fingerprint density at radius 2 is 1.63 bits per heavy atom. The van der Waals surface area contributed by atoms with Gasteiger partial charge in [0.1, 0.15) is 0 Å². The van der Waals surface area contributed by atoms with Crippen molar-refractivity contribution in [3.63, 3.8) is 0 Å². The highest BCUT2D eigenvalue weighted by Crippen LogP contribution is 2.28. The number of fused-ring (bicyclic) bond motifs is 1. The Labute approximate surface area is 114 Å². The molecule has 0 amide bonds. The number of rotatable bonds is 3. The molecule has 1 heteroatoms. The van der Waals surface area contributed by atoms with Gasteiger partial charge in [0.05, 0.1) is 6.10 Å². The molecule has 0 bridgehead atoms. The van der Waals surface area contributed by atoms with Crippen LogP contribution in [-0.4, -0.2) is 11.2 Å². The number of hydrogen-bond acceptors (Lipinski definition) is 1. The summed E-state index contributed by atoms with van der Waals surface area (Å²) in [7, 11) is 0. The predicted molar refractivity (Wildman–Crippen MR) is 78.1 cm³/mol. The zero-order chi connectivity index (χ0) is 13.1. The minimum Gasteiger partial charge on any atom is -0.392 e. The van der Waals surface area contributed by atoms with Crippen LogP contribution in [0, 0.1) is 5.92 Å². The molecule has 2 unspecified atom stereocenters. The van der Waals surface area contributed by atoms with Crippen LogP contribution >= 0.6 is 0 Å². The molecule has 0 fully saturated rings. The summed E-state index contributed by atoms with van der Waals surface area (Å²) >= 11 is 0.